The lowest BCUT2D eigenvalue weighted by Gasteiger charge is -2.13. The van der Waals surface area contributed by atoms with Gasteiger partial charge in [-0.25, -0.2) is 0 Å². The molecule has 2 aromatic rings. The standard InChI is InChI=1S/C21H20N4O3/c22-17(26)7-8-24-11-14(15-3-1-2-4-16(15)24)10-23-25-20(27)18-12-5-6-13(9-12)19(18)21(25)28/h1-6,10-13,18-19H,7-9H2,(H2,22,26)/b23-10-/t12-,13-,18+,19+/m0/s1. The van der Waals surface area contributed by atoms with Gasteiger partial charge in [0.1, 0.15) is 0 Å². The minimum Gasteiger partial charge on any atom is -0.370 e. The summed E-state index contributed by atoms with van der Waals surface area (Å²) in [6, 6.07) is 7.73. The van der Waals surface area contributed by atoms with E-state index in [1.807, 2.05) is 35.0 Å². The highest BCUT2D eigenvalue weighted by Gasteiger charge is 2.59. The smallest absolute Gasteiger partial charge is 0.254 e. The Morgan fingerprint density at radius 2 is 1.82 bits per heavy atom. The molecule has 3 aliphatic rings. The van der Waals surface area contributed by atoms with Crippen LogP contribution in [-0.2, 0) is 20.9 Å². The van der Waals surface area contributed by atoms with Crippen molar-refractivity contribution in [2.75, 3.05) is 0 Å². The predicted molar refractivity (Wildman–Crippen MR) is 103 cm³/mol. The molecule has 1 aromatic carbocycles. The average molecular weight is 376 g/mol. The molecule has 2 bridgehead atoms. The van der Waals surface area contributed by atoms with Crippen LogP contribution in [0.25, 0.3) is 10.9 Å². The first-order valence-electron chi connectivity index (χ1n) is 9.51. The number of rotatable bonds is 5. The van der Waals surface area contributed by atoms with E-state index < -0.39 is 0 Å². The summed E-state index contributed by atoms with van der Waals surface area (Å²) < 4.78 is 1.94. The summed E-state index contributed by atoms with van der Waals surface area (Å²) in [6.45, 7) is 0.463. The van der Waals surface area contributed by atoms with Crippen LogP contribution < -0.4 is 5.73 Å². The van der Waals surface area contributed by atoms with Crippen molar-refractivity contribution in [2.45, 2.75) is 19.4 Å². The van der Waals surface area contributed by atoms with Gasteiger partial charge < -0.3 is 10.3 Å². The van der Waals surface area contributed by atoms with Crippen molar-refractivity contribution in [3.05, 3.63) is 48.2 Å². The van der Waals surface area contributed by atoms with Crippen molar-refractivity contribution in [1.29, 1.82) is 0 Å². The molecule has 0 radical (unpaired) electrons. The van der Waals surface area contributed by atoms with Crippen molar-refractivity contribution in [1.82, 2.24) is 9.58 Å². The van der Waals surface area contributed by atoms with Crippen molar-refractivity contribution < 1.29 is 14.4 Å². The van der Waals surface area contributed by atoms with Crippen molar-refractivity contribution >= 4 is 34.8 Å². The van der Waals surface area contributed by atoms with Gasteiger partial charge in [0.2, 0.25) is 5.91 Å². The lowest BCUT2D eigenvalue weighted by atomic mass is 9.85. The van der Waals surface area contributed by atoms with Crippen molar-refractivity contribution in [2.24, 2.45) is 34.5 Å². The van der Waals surface area contributed by atoms with Crippen LogP contribution in [0.5, 0.6) is 0 Å². The highest BCUT2D eigenvalue weighted by Crippen LogP contribution is 2.52. The molecule has 7 nitrogen and oxygen atoms in total. The van der Waals surface area contributed by atoms with E-state index in [9.17, 15) is 14.4 Å². The van der Waals surface area contributed by atoms with E-state index in [1.165, 1.54) is 0 Å². The Morgan fingerprint density at radius 3 is 2.50 bits per heavy atom. The SMILES string of the molecule is NC(=O)CCn1cc(/C=N\N2C(=O)[C@H]3[C@H](C2=O)[C@H]2C=C[C@H]3C2)c2ccccc21. The van der Waals surface area contributed by atoms with Crippen LogP contribution >= 0.6 is 0 Å². The number of primary amides is 1. The summed E-state index contributed by atoms with van der Waals surface area (Å²) >= 11 is 0. The Morgan fingerprint density at radius 1 is 1.14 bits per heavy atom. The molecule has 4 atom stereocenters. The Kier molecular flexibility index (Phi) is 3.72. The molecule has 0 spiro atoms. The number of hydrogen-bond acceptors (Lipinski definition) is 4. The first-order chi connectivity index (χ1) is 13.5. The Labute approximate surface area is 161 Å². The number of hydrogen-bond donors (Lipinski definition) is 1. The lowest BCUT2D eigenvalue weighted by molar-refractivity contribution is -0.140. The third-order valence-corrected chi connectivity index (χ3v) is 6.18. The minimum absolute atomic E-state index is 0.169. The number of allylic oxidation sites excluding steroid dienone is 2. The van der Waals surface area contributed by atoms with Crippen LogP contribution in [0.15, 0.2) is 47.7 Å². The second-order valence-electron chi connectivity index (χ2n) is 7.74. The second kappa shape index (κ2) is 6.15. The molecular formula is C21H20N4O3. The number of nitrogens with zero attached hydrogens (tertiary/aromatic N) is 3. The number of nitrogens with two attached hydrogens (primary N) is 1. The fraction of sp³-hybridized carbons (Fsp3) is 0.333. The topological polar surface area (TPSA) is 97.8 Å². The zero-order valence-corrected chi connectivity index (χ0v) is 15.2. The normalized spacial score (nSPS) is 28.2. The van der Waals surface area contributed by atoms with E-state index in [-0.39, 0.29) is 47.8 Å². The van der Waals surface area contributed by atoms with Crippen molar-refractivity contribution in [3.63, 3.8) is 0 Å². The monoisotopic (exact) mass is 376 g/mol. The second-order valence-corrected chi connectivity index (χ2v) is 7.74. The number of carbonyl (C=O) groups excluding carboxylic acids is 3. The summed E-state index contributed by atoms with van der Waals surface area (Å²) in [5.74, 6) is -0.921. The predicted octanol–water partition coefficient (Wildman–Crippen LogP) is 1.66. The molecule has 1 saturated heterocycles. The molecule has 1 aliphatic heterocycles. The molecule has 7 heteroatoms. The number of aromatic nitrogens is 1. The third-order valence-electron chi connectivity index (χ3n) is 6.18. The first-order valence-corrected chi connectivity index (χ1v) is 9.51. The molecule has 142 valence electrons. The van der Waals surface area contributed by atoms with E-state index in [0.29, 0.717) is 6.54 Å². The molecule has 5 rings (SSSR count). The van der Waals surface area contributed by atoms with Crippen LogP contribution in [0.2, 0.25) is 0 Å². The number of amides is 3. The number of carbonyl (C=O) groups is 3. The van der Waals surface area contributed by atoms with E-state index in [2.05, 4.69) is 17.3 Å². The van der Waals surface area contributed by atoms with E-state index in [1.54, 1.807) is 6.21 Å². The van der Waals surface area contributed by atoms with E-state index in [0.717, 1.165) is 27.9 Å². The highest BCUT2D eigenvalue weighted by atomic mass is 16.2. The number of imide groups is 1. The van der Waals surface area contributed by atoms with Crippen LogP contribution in [0, 0.1) is 23.7 Å². The average Bonchev–Trinajstić information content (AvgIpc) is 3.42. The molecule has 2 aliphatic carbocycles. The van der Waals surface area contributed by atoms with Gasteiger partial charge >= 0.3 is 0 Å². The molecule has 3 amide bonds. The Bertz CT molecular complexity index is 1040. The summed E-state index contributed by atoms with van der Waals surface area (Å²) in [6.07, 6.45) is 8.70. The number of hydrazone groups is 1. The Balaban J connectivity index is 1.44. The van der Waals surface area contributed by atoms with Gasteiger partial charge in [0.15, 0.2) is 0 Å². The van der Waals surface area contributed by atoms with Crippen LogP contribution in [0.3, 0.4) is 0 Å². The van der Waals surface area contributed by atoms with Crippen LogP contribution in [-0.4, -0.2) is 33.5 Å². The zero-order chi connectivity index (χ0) is 19.4. The van der Waals surface area contributed by atoms with Gasteiger partial charge in [-0.05, 0) is 24.3 Å². The highest BCUT2D eigenvalue weighted by molar-refractivity contribution is 6.07. The fourth-order valence-corrected chi connectivity index (χ4v) is 4.91. The Hall–Kier alpha value is -3.22. The molecular weight excluding hydrogens is 356 g/mol. The van der Waals surface area contributed by atoms with Gasteiger partial charge in [-0.2, -0.15) is 10.1 Å². The minimum atomic E-state index is -0.365. The summed E-state index contributed by atoms with van der Waals surface area (Å²) in [5.41, 5.74) is 7.01. The van der Waals surface area contributed by atoms with Gasteiger partial charge in [-0.3, -0.25) is 14.4 Å². The molecule has 28 heavy (non-hydrogen) atoms. The van der Waals surface area contributed by atoms with Gasteiger partial charge in [-0.15, -0.1) is 0 Å². The molecule has 1 saturated carbocycles. The van der Waals surface area contributed by atoms with Crippen LogP contribution in [0.1, 0.15) is 18.4 Å². The molecule has 0 unspecified atom stereocenters. The maximum absolute atomic E-state index is 12.8. The van der Waals surface area contributed by atoms with Gasteiger partial charge in [0.05, 0.1) is 18.1 Å². The maximum atomic E-state index is 12.8. The molecule has 2 N–H and O–H groups in total. The van der Waals surface area contributed by atoms with Gasteiger partial charge in [0, 0.05) is 35.6 Å². The largest absolute Gasteiger partial charge is 0.370 e. The maximum Gasteiger partial charge on any atom is 0.254 e. The van der Waals surface area contributed by atoms with Gasteiger partial charge in [-0.1, -0.05) is 30.4 Å². The van der Waals surface area contributed by atoms with E-state index in [4.69, 9.17) is 5.73 Å². The number of para-hydroxylation sites is 1. The van der Waals surface area contributed by atoms with Crippen LogP contribution in [0.4, 0.5) is 0 Å². The van der Waals surface area contributed by atoms with Crippen molar-refractivity contribution in [3.8, 4) is 0 Å². The fourth-order valence-electron chi connectivity index (χ4n) is 4.91. The quantitative estimate of drug-likeness (QED) is 0.488. The number of benzene rings is 1. The lowest BCUT2D eigenvalue weighted by Crippen LogP contribution is -2.28. The summed E-state index contributed by atoms with van der Waals surface area (Å²) in [7, 11) is 0. The number of aryl methyl sites for hydroxylation is 1. The molecule has 2 fully saturated rings. The first kappa shape index (κ1) is 16.9. The molecule has 2 heterocycles. The zero-order valence-electron chi connectivity index (χ0n) is 15.2. The van der Waals surface area contributed by atoms with E-state index >= 15 is 0 Å². The summed E-state index contributed by atoms with van der Waals surface area (Å²) in [4.78, 5) is 36.6. The van der Waals surface area contributed by atoms with Gasteiger partial charge in [0.25, 0.3) is 11.8 Å². The number of fused-ring (bicyclic) bond motifs is 6. The third kappa shape index (κ3) is 2.42. The summed E-state index contributed by atoms with van der Waals surface area (Å²) in [5, 5.41) is 6.26. The molecule has 1 aromatic heterocycles.